The molecule has 0 aliphatic heterocycles. The Morgan fingerprint density at radius 1 is 1.26 bits per heavy atom. The molecule has 2 aromatic rings. The molecule has 146 valence electrons. The van der Waals surface area contributed by atoms with Crippen molar-refractivity contribution < 1.29 is 14.1 Å². The van der Waals surface area contributed by atoms with Crippen LogP contribution in [0.25, 0.3) is 0 Å². The summed E-state index contributed by atoms with van der Waals surface area (Å²) in [6.07, 6.45) is 2.73. The Hall–Kier alpha value is -2.67. The standard InChI is InChI=1S/C20H28N4O3/c1-5-6-7-17(20(26)22-18-12-14(2)27-23-18)24(4)13-15-8-10-16(11-9-15)19(25)21-3/h8-12,17H,5-7,13H2,1-4H3,(H,21,25)(H,22,23,26). The third kappa shape index (κ3) is 5.92. The predicted molar refractivity (Wildman–Crippen MR) is 104 cm³/mol. The number of hydrogen-bond donors (Lipinski definition) is 2. The molecule has 7 nitrogen and oxygen atoms in total. The zero-order valence-corrected chi connectivity index (χ0v) is 16.4. The molecule has 0 spiro atoms. The molecule has 0 radical (unpaired) electrons. The third-order valence-electron chi connectivity index (χ3n) is 4.42. The number of rotatable bonds is 9. The van der Waals surface area contributed by atoms with Gasteiger partial charge >= 0.3 is 0 Å². The largest absolute Gasteiger partial charge is 0.360 e. The van der Waals surface area contributed by atoms with Gasteiger partial charge in [-0.1, -0.05) is 37.1 Å². The van der Waals surface area contributed by atoms with E-state index in [1.54, 1.807) is 32.2 Å². The number of nitrogens with zero attached hydrogens (tertiary/aromatic N) is 2. The van der Waals surface area contributed by atoms with Crippen LogP contribution >= 0.6 is 0 Å². The van der Waals surface area contributed by atoms with E-state index >= 15 is 0 Å². The molecule has 0 fully saturated rings. The van der Waals surface area contributed by atoms with Gasteiger partial charge in [0.15, 0.2) is 5.82 Å². The Bertz CT molecular complexity index is 755. The van der Waals surface area contributed by atoms with Gasteiger partial charge in [-0.05, 0) is 38.1 Å². The number of anilines is 1. The molecule has 27 heavy (non-hydrogen) atoms. The van der Waals surface area contributed by atoms with E-state index in [1.165, 1.54) is 0 Å². The minimum Gasteiger partial charge on any atom is -0.360 e. The quantitative estimate of drug-likeness (QED) is 0.707. The third-order valence-corrected chi connectivity index (χ3v) is 4.42. The molecule has 0 saturated heterocycles. The van der Waals surface area contributed by atoms with Crippen LogP contribution < -0.4 is 10.6 Å². The summed E-state index contributed by atoms with van der Waals surface area (Å²) < 4.78 is 5.01. The van der Waals surface area contributed by atoms with Crippen LogP contribution in [0.3, 0.4) is 0 Å². The van der Waals surface area contributed by atoms with Gasteiger partial charge in [-0.25, -0.2) is 0 Å². The molecule has 1 aromatic heterocycles. The number of hydrogen-bond acceptors (Lipinski definition) is 5. The lowest BCUT2D eigenvalue weighted by Gasteiger charge is -2.27. The molecule has 0 saturated carbocycles. The fourth-order valence-corrected chi connectivity index (χ4v) is 2.89. The van der Waals surface area contributed by atoms with Gasteiger partial charge in [0, 0.05) is 25.2 Å². The summed E-state index contributed by atoms with van der Waals surface area (Å²) in [6, 6.07) is 8.84. The second-order valence-electron chi connectivity index (χ2n) is 6.66. The fraction of sp³-hybridized carbons (Fsp3) is 0.450. The molecule has 0 aliphatic carbocycles. The van der Waals surface area contributed by atoms with Crippen LogP contribution in [0.1, 0.15) is 47.9 Å². The molecule has 0 bridgehead atoms. The lowest BCUT2D eigenvalue weighted by molar-refractivity contribution is -0.121. The second kappa shape index (κ2) is 9.87. The number of unbranched alkanes of at least 4 members (excludes halogenated alkanes) is 1. The smallest absolute Gasteiger partial charge is 0.251 e. The summed E-state index contributed by atoms with van der Waals surface area (Å²) in [5, 5.41) is 9.27. The molecule has 2 rings (SSSR count). The number of carbonyl (C=O) groups excluding carboxylic acids is 2. The molecule has 7 heteroatoms. The highest BCUT2D eigenvalue weighted by Crippen LogP contribution is 2.15. The molecule has 0 aliphatic rings. The van der Waals surface area contributed by atoms with Crippen LogP contribution in [-0.4, -0.2) is 42.0 Å². The van der Waals surface area contributed by atoms with Crippen molar-refractivity contribution in [2.24, 2.45) is 0 Å². The van der Waals surface area contributed by atoms with E-state index in [0.29, 0.717) is 23.7 Å². The average molecular weight is 372 g/mol. The predicted octanol–water partition coefficient (Wildman–Crippen LogP) is 2.97. The van der Waals surface area contributed by atoms with Crippen molar-refractivity contribution in [2.45, 2.75) is 45.7 Å². The van der Waals surface area contributed by atoms with E-state index in [9.17, 15) is 9.59 Å². The van der Waals surface area contributed by atoms with Crippen molar-refractivity contribution in [3.8, 4) is 0 Å². The van der Waals surface area contributed by atoms with Gasteiger partial charge in [-0.3, -0.25) is 14.5 Å². The van der Waals surface area contributed by atoms with Crippen LogP contribution in [0.2, 0.25) is 0 Å². The van der Waals surface area contributed by atoms with Crippen molar-refractivity contribution in [1.82, 2.24) is 15.4 Å². The molecule has 1 aromatic carbocycles. The average Bonchev–Trinajstić information content (AvgIpc) is 3.06. The highest BCUT2D eigenvalue weighted by Gasteiger charge is 2.23. The van der Waals surface area contributed by atoms with Gasteiger partial charge in [0.1, 0.15) is 5.76 Å². The Kier molecular flexibility index (Phi) is 7.55. The van der Waals surface area contributed by atoms with Crippen molar-refractivity contribution in [3.63, 3.8) is 0 Å². The minimum atomic E-state index is -0.277. The Balaban J connectivity index is 2.05. The first-order valence-corrected chi connectivity index (χ1v) is 9.20. The van der Waals surface area contributed by atoms with Gasteiger partial charge in [0.05, 0.1) is 6.04 Å². The number of aromatic nitrogens is 1. The van der Waals surface area contributed by atoms with E-state index in [0.717, 1.165) is 24.8 Å². The minimum absolute atomic E-state index is 0.0961. The molecule has 1 unspecified atom stereocenters. The topological polar surface area (TPSA) is 87.5 Å². The van der Waals surface area contributed by atoms with Gasteiger partial charge in [-0.15, -0.1) is 0 Å². The van der Waals surface area contributed by atoms with Crippen molar-refractivity contribution in [3.05, 3.63) is 47.2 Å². The SMILES string of the molecule is CCCCC(C(=O)Nc1cc(C)on1)N(C)Cc1ccc(C(=O)NC)cc1. The van der Waals surface area contributed by atoms with E-state index in [-0.39, 0.29) is 17.9 Å². The van der Waals surface area contributed by atoms with Crippen LogP contribution in [-0.2, 0) is 11.3 Å². The summed E-state index contributed by atoms with van der Waals surface area (Å²) in [4.78, 5) is 26.4. The first kappa shape index (κ1) is 20.6. The summed E-state index contributed by atoms with van der Waals surface area (Å²) in [7, 11) is 3.54. The first-order valence-electron chi connectivity index (χ1n) is 9.20. The monoisotopic (exact) mass is 372 g/mol. The van der Waals surface area contributed by atoms with E-state index < -0.39 is 0 Å². The van der Waals surface area contributed by atoms with Gasteiger partial charge in [-0.2, -0.15) is 0 Å². The molecule has 1 atom stereocenters. The Morgan fingerprint density at radius 2 is 1.96 bits per heavy atom. The van der Waals surface area contributed by atoms with E-state index in [2.05, 4.69) is 22.7 Å². The maximum absolute atomic E-state index is 12.8. The van der Waals surface area contributed by atoms with Gasteiger partial charge < -0.3 is 15.2 Å². The summed E-state index contributed by atoms with van der Waals surface area (Å²) in [5.41, 5.74) is 1.65. The first-order chi connectivity index (χ1) is 12.9. The van der Waals surface area contributed by atoms with Crippen LogP contribution in [0.15, 0.2) is 34.9 Å². The van der Waals surface area contributed by atoms with E-state index in [4.69, 9.17) is 4.52 Å². The normalized spacial score (nSPS) is 12.0. The van der Waals surface area contributed by atoms with Crippen LogP contribution in [0.4, 0.5) is 5.82 Å². The van der Waals surface area contributed by atoms with Gasteiger partial charge in [0.2, 0.25) is 5.91 Å². The second-order valence-corrected chi connectivity index (χ2v) is 6.66. The molecule has 1 heterocycles. The maximum atomic E-state index is 12.8. The number of nitrogens with one attached hydrogen (secondary N) is 2. The zero-order valence-electron chi connectivity index (χ0n) is 16.4. The summed E-state index contributed by atoms with van der Waals surface area (Å²) in [6.45, 7) is 4.49. The van der Waals surface area contributed by atoms with Gasteiger partial charge in [0.25, 0.3) is 5.91 Å². The molecular weight excluding hydrogens is 344 g/mol. The number of carbonyl (C=O) groups is 2. The summed E-state index contributed by atoms with van der Waals surface area (Å²) in [5.74, 6) is 0.876. The molecule has 2 N–H and O–H groups in total. The Labute approximate surface area is 160 Å². The summed E-state index contributed by atoms with van der Waals surface area (Å²) >= 11 is 0. The highest BCUT2D eigenvalue weighted by atomic mass is 16.5. The lowest BCUT2D eigenvalue weighted by Crippen LogP contribution is -2.41. The number of amides is 2. The molecular formula is C20H28N4O3. The van der Waals surface area contributed by atoms with Crippen molar-refractivity contribution in [2.75, 3.05) is 19.4 Å². The highest BCUT2D eigenvalue weighted by molar-refractivity contribution is 5.94. The number of benzene rings is 1. The zero-order chi connectivity index (χ0) is 19.8. The fourth-order valence-electron chi connectivity index (χ4n) is 2.89. The van der Waals surface area contributed by atoms with Crippen molar-refractivity contribution in [1.29, 1.82) is 0 Å². The van der Waals surface area contributed by atoms with Crippen LogP contribution in [0.5, 0.6) is 0 Å². The lowest BCUT2D eigenvalue weighted by atomic mass is 10.1. The number of likely N-dealkylation sites (N-methyl/N-ethyl adjacent to an activating group) is 1. The van der Waals surface area contributed by atoms with Crippen LogP contribution in [0, 0.1) is 6.92 Å². The van der Waals surface area contributed by atoms with Crippen molar-refractivity contribution >= 4 is 17.6 Å². The Morgan fingerprint density at radius 3 is 2.52 bits per heavy atom. The maximum Gasteiger partial charge on any atom is 0.251 e. The van der Waals surface area contributed by atoms with E-state index in [1.807, 2.05) is 24.1 Å². The molecule has 2 amide bonds. The number of aryl methyl sites for hydroxylation is 1.